The SMILES string of the molecule is CCOP(=O)([O-])NP(=O)(OCC)OCC. The molecular formula is C6H16NO6P2-. The topological polar surface area (TPSA) is 96.9 Å². The number of hydrogen-bond acceptors (Lipinski definition) is 6. The van der Waals surface area contributed by atoms with Gasteiger partial charge in [-0.2, -0.15) is 4.86 Å². The summed E-state index contributed by atoms with van der Waals surface area (Å²) in [5.41, 5.74) is 0. The lowest BCUT2D eigenvalue weighted by Gasteiger charge is -2.27. The molecule has 92 valence electrons. The maximum absolute atomic E-state index is 11.7. The van der Waals surface area contributed by atoms with Gasteiger partial charge in [-0.3, -0.25) is 13.6 Å². The van der Waals surface area contributed by atoms with Crippen molar-refractivity contribution >= 4 is 15.5 Å². The Labute approximate surface area is 89.3 Å². The van der Waals surface area contributed by atoms with Crippen LogP contribution in [0.25, 0.3) is 0 Å². The van der Waals surface area contributed by atoms with Crippen molar-refractivity contribution in [3.63, 3.8) is 0 Å². The highest BCUT2D eigenvalue weighted by Gasteiger charge is 2.28. The first-order valence-corrected chi connectivity index (χ1v) is 7.62. The minimum absolute atomic E-state index is 0.0496. The number of nitrogens with one attached hydrogen (secondary N) is 1. The van der Waals surface area contributed by atoms with Gasteiger partial charge in [-0.05, 0) is 20.8 Å². The van der Waals surface area contributed by atoms with Gasteiger partial charge in [0.15, 0.2) is 0 Å². The maximum atomic E-state index is 11.7. The van der Waals surface area contributed by atoms with Crippen molar-refractivity contribution in [2.75, 3.05) is 19.8 Å². The Hall–Kier alpha value is 0.260. The summed E-state index contributed by atoms with van der Waals surface area (Å²) in [4.78, 5) is 12.9. The Morgan fingerprint density at radius 3 is 1.73 bits per heavy atom. The van der Waals surface area contributed by atoms with E-state index in [4.69, 9.17) is 9.05 Å². The smallest absolute Gasteiger partial charge is 0.412 e. The van der Waals surface area contributed by atoms with Crippen LogP contribution in [-0.4, -0.2) is 19.8 Å². The zero-order valence-corrected chi connectivity index (χ0v) is 10.8. The lowest BCUT2D eigenvalue weighted by atomic mass is 10.9. The molecule has 0 spiro atoms. The van der Waals surface area contributed by atoms with Crippen molar-refractivity contribution in [3.05, 3.63) is 0 Å². The zero-order chi connectivity index (χ0) is 11.9. The Balaban J connectivity index is 4.53. The van der Waals surface area contributed by atoms with Crippen LogP contribution in [0.15, 0.2) is 0 Å². The first kappa shape index (κ1) is 15.3. The summed E-state index contributed by atoms with van der Waals surface area (Å²) in [6, 6.07) is 0. The van der Waals surface area contributed by atoms with Gasteiger partial charge in [-0.25, -0.2) is 4.57 Å². The summed E-state index contributed by atoms with van der Waals surface area (Å²) in [5, 5.41) is 0. The highest BCUT2D eigenvalue weighted by Crippen LogP contribution is 2.52. The molecule has 0 saturated heterocycles. The van der Waals surface area contributed by atoms with Crippen LogP contribution in [0.5, 0.6) is 0 Å². The number of hydrogen-bond donors (Lipinski definition) is 1. The Morgan fingerprint density at radius 2 is 1.40 bits per heavy atom. The standard InChI is InChI=1S/C6H17NO6P2/c1-4-11-14(8,9)7-15(10,12-5-2)13-6-3/h4-6H2,1-3H3,(H2,7,8,9,10)/p-1. The molecule has 7 nitrogen and oxygen atoms in total. The van der Waals surface area contributed by atoms with Gasteiger partial charge >= 0.3 is 7.75 Å². The molecule has 0 rings (SSSR count). The number of rotatable bonds is 8. The Bertz CT molecular complexity index is 260. The summed E-state index contributed by atoms with van der Waals surface area (Å²) in [7, 11) is -8.21. The van der Waals surface area contributed by atoms with Gasteiger partial charge in [-0.15, -0.1) is 0 Å². The van der Waals surface area contributed by atoms with Crippen molar-refractivity contribution < 1.29 is 27.6 Å². The first-order valence-electron chi connectivity index (χ1n) is 4.53. The summed E-state index contributed by atoms with van der Waals surface area (Å²) < 4.78 is 36.7. The van der Waals surface area contributed by atoms with Crippen molar-refractivity contribution in [1.29, 1.82) is 0 Å². The van der Waals surface area contributed by atoms with E-state index in [9.17, 15) is 14.0 Å². The average molecular weight is 260 g/mol. The van der Waals surface area contributed by atoms with E-state index in [0.717, 1.165) is 0 Å². The van der Waals surface area contributed by atoms with Crippen LogP contribution in [0.2, 0.25) is 0 Å². The minimum Gasteiger partial charge on any atom is -0.766 e. The molecule has 0 heterocycles. The molecule has 0 radical (unpaired) electrons. The quantitative estimate of drug-likeness (QED) is 0.656. The molecule has 0 aromatic rings. The molecule has 0 aliphatic carbocycles. The van der Waals surface area contributed by atoms with Gasteiger partial charge in [0, 0.05) is 0 Å². The summed E-state index contributed by atoms with van der Waals surface area (Å²) in [6.45, 7) is 4.73. The highest BCUT2D eigenvalue weighted by atomic mass is 31.3. The fourth-order valence-electron chi connectivity index (χ4n) is 0.784. The summed E-state index contributed by atoms with van der Waals surface area (Å²) in [6.07, 6.45) is 0. The van der Waals surface area contributed by atoms with Crippen molar-refractivity contribution in [2.45, 2.75) is 20.8 Å². The van der Waals surface area contributed by atoms with E-state index >= 15 is 0 Å². The highest BCUT2D eigenvalue weighted by molar-refractivity contribution is 7.66. The van der Waals surface area contributed by atoms with Gasteiger partial charge < -0.3 is 9.42 Å². The average Bonchev–Trinajstić information content (AvgIpc) is 2.02. The fraction of sp³-hybridized carbons (Fsp3) is 1.00. The minimum atomic E-state index is -4.39. The van der Waals surface area contributed by atoms with Crippen LogP contribution < -0.4 is 9.75 Å². The first-order chi connectivity index (χ1) is 6.89. The lowest BCUT2D eigenvalue weighted by molar-refractivity contribution is -0.200. The molecule has 1 N–H and O–H groups in total. The van der Waals surface area contributed by atoms with Crippen LogP contribution >= 0.6 is 15.5 Å². The maximum Gasteiger partial charge on any atom is 0.412 e. The molecule has 9 heteroatoms. The van der Waals surface area contributed by atoms with E-state index in [0.29, 0.717) is 0 Å². The van der Waals surface area contributed by atoms with Gasteiger partial charge in [0.1, 0.15) is 0 Å². The molecule has 15 heavy (non-hydrogen) atoms. The molecular weight excluding hydrogens is 244 g/mol. The largest absolute Gasteiger partial charge is 0.766 e. The van der Waals surface area contributed by atoms with Crippen LogP contribution in [0.1, 0.15) is 20.8 Å². The third-order valence-electron chi connectivity index (χ3n) is 1.14. The molecule has 0 aliphatic rings. The molecule has 0 aromatic heterocycles. The van der Waals surface area contributed by atoms with E-state index in [2.05, 4.69) is 4.52 Å². The molecule has 0 bridgehead atoms. The van der Waals surface area contributed by atoms with Crippen LogP contribution in [0.4, 0.5) is 0 Å². The Morgan fingerprint density at radius 1 is 1.00 bits per heavy atom. The van der Waals surface area contributed by atoms with Crippen LogP contribution in [-0.2, 0) is 22.7 Å². The molecule has 0 aliphatic heterocycles. The third kappa shape index (κ3) is 6.43. The molecule has 1 atom stereocenters. The predicted molar refractivity (Wildman–Crippen MR) is 53.2 cm³/mol. The predicted octanol–water partition coefficient (Wildman–Crippen LogP) is 1.26. The molecule has 0 fully saturated rings. The second-order valence-corrected chi connectivity index (χ2v) is 5.91. The summed E-state index contributed by atoms with van der Waals surface area (Å²) in [5.74, 6) is 0. The summed E-state index contributed by atoms with van der Waals surface area (Å²) >= 11 is 0. The van der Waals surface area contributed by atoms with E-state index in [1.54, 1.807) is 18.7 Å². The van der Waals surface area contributed by atoms with E-state index in [-0.39, 0.29) is 19.8 Å². The van der Waals surface area contributed by atoms with E-state index in [1.807, 2.05) is 0 Å². The molecule has 0 aromatic carbocycles. The van der Waals surface area contributed by atoms with Gasteiger partial charge in [0.25, 0.3) is 0 Å². The fourth-order valence-corrected chi connectivity index (χ4v) is 3.77. The molecule has 0 saturated carbocycles. The zero-order valence-electron chi connectivity index (χ0n) is 8.97. The van der Waals surface area contributed by atoms with E-state index < -0.39 is 15.5 Å². The molecule has 1 unspecified atom stereocenters. The second-order valence-electron chi connectivity index (χ2n) is 2.35. The normalized spacial score (nSPS) is 16.3. The van der Waals surface area contributed by atoms with Gasteiger partial charge in [0.05, 0.1) is 19.8 Å². The van der Waals surface area contributed by atoms with Crippen molar-refractivity contribution in [2.24, 2.45) is 0 Å². The van der Waals surface area contributed by atoms with Gasteiger partial charge in [0.2, 0.25) is 7.75 Å². The van der Waals surface area contributed by atoms with Crippen LogP contribution in [0, 0.1) is 0 Å². The molecule has 0 amide bonds. The van der Waals surface area contributed by atoms with E-state index in [1.165, 1.54) is 6.92 Å². The lowest BCUT2D eigenvalue weighted by Crippen LogP contribution is -2.21. The Kier molecular flexibility index (Phi) is 6.88. The monoisotopic (exact) mass is 260 g/mol. The third-order valence-corrected chi connectivity index (χ3v) is 4.90. The van der Waals surface area contributed by atoms with Gasteiger partial charge in [-0.1, -0.05) is 0 Å². The van der Waals surface area contributed by atoms with Crippen molar-refractivity contribution in [1.82, 2.24) is 4.86 Å². The van der Waals surface area contributed by atoms with Crippen LogP contribution in [0.3, 0.4) is 0 Å². The van der Waals surface area contributed by atoms with Crippen molar-refractivity contribution in [3.8, 4) is 0 Å². The second kappa shape index (κ2) is 6.76.